The van der Waals surface area contributed by atoms with Crippen molar-refractivity contribution < 1.29 is 0 Å². The monoisotopic (exact) mass is 288 g/mol. The van der Waals surface area contributed by atoms with E-state index in [1.54, 1.807) is 6.07 Å². The number of aromatic nitrogens is 2. The molecule has 1 aromatic carbocycles. The Morgan fingerprint density at radius 1 is 1.29 bits per heavy atom. The Labute approximate surface area is 107 Å². The van der Waals surface area contributed by atoms with Crippen LogP contribution in [0.4, 0.5) is 11.5 Å². The van der Waals surface area contributed by atoms with Gasteiger partial charge in [-0.15, -0.1) is 0 Å². The van der Waals surface area contributed by atoms with Crippen LogP contribution < -0.4 is 5.32 Å². The number of hydrogen-bond donors (Lipinski definition) is 1. The van der Waals surface area contributed by atoms with E-state index in [1.165, 1.54) is 6.33 Å². The van der Waals surface area contributed by atoms with Gasteiger partial charge < -0.3 is 5.32 Å². The van der Waals surface area contributed by atoms with Crippen LogP contribution in [0, 0.1) is 18.3 Å². The van der Waals surface area contributed by atoms with Crippen LogP contribution in [0.2, 0.25) is 0 Å². The highest BCUT2D eigenvalue weighted by Gasteiger charge is 2.02. The van der Waals surface area contributed by atoms with Crippen molar-refractivity contribution in [2.24, 2.45) is 0 Å². The molecule has 2 rings (SSSR count). The van der Waals surface area contributed by atoms with Gasteiger partial charge in [-0.05, 0) is 24.6 Å². The normalized spacial score (nSPS) is 9.71. The summed E-state index contributed by atoms with van der Waals surface area (Å²) in [7, 11) is 0. The summed E-state index contributed by atoms with van der Waals surface area (Å²) in [5.74, 6) is 0.609. The molecule has 0 atom stereocenters. The van der Waals surface area contributed by atoms with E-state index in [0.717, 1.165) is 15.7 Å². The van der Waals surface area contributed by atoms with Crippen molar-refractivity contribution in [2.45, 2.75) is 6.92 Å². The summed E-state index contributed by atoms with van der Waals surface area (Å²) in [6.45, 7) is 2.00. The second-order valence-electron chi connectivity index (χ2n) is 3.48. The molecule has 0 fully saturated rings. The topological polar surface area (TPSA) is 61.6 Å². The third-order valence-electron chi connectivity index (χ3n) is 2.24. The van der Waals surface area contributed by atoms with Gasteiger partial charge in [0, 0.05) is 16.2 Å². The lowest BCUT2D eigenvalue weighted by Crippen LogP contribution is -1.97. The molecule has 0 saturated carbocycles. The van der Waals surface area contributed by atoms with Gasteiger partial charge in [-0.1, -0.05) is 22.0 Å². The Balaban J connectivity index is 2.31. The number of nitrogens with one attached hydrogen (secondary N) is 1. The van der Waals surface area contributed by atoms with Crippen molar-refractivity contribution in [1.29, 1.82) is 5.26 Å². The first-order chi connectivity index (χ1) is 8.19. The highest BCUT2D eigenvalue weighted by Crippen LogP contribution is 2.23. The van der Waals surface area contributed by atoms with Crippen LogP contribution in [0.5, 0.6) is 0 Å². The zero-order valence-electron chi connectivity index (χ0n) is 9.11. The van der Waals surface area contributed by atoms with Crippen LogP contribution >= 0.6 is 15.9 Å². The van der Waals surface area contributed by atoms with E-state index in [2.05, 4.69) is 31.2 Å². The third-order valence-corrected chi connectivity index (χ3v) is 2.74. The van der Waals surface area contributed by atoms with Gasteiger partial charge >= 0.3 is 0 Å². The molecule has 0 amide bonds. The predicted molar refractivity (Wildman–Crippen MR) is 68.9 cm³/mol. The van der Waals surface area contributed by atoms with Crippen LogP contribution in [0.1, 0.15) is 11.3 Å². The van der Waals surface area contributed by atoms with Gasteiger partial charge in [-0.2, -0.15) is 5.26 Å². The van der Waals surface area contributed by atoms with Crippen LogP contribution in [0.3, 0.4) is 0 Å². The molecule has 0 spiro atoms. The van der Waals surface area contributed by atoms with Gasteiger partial charge in [0.25, 0.3) is 0 Å². The van der Waals surface area contributed by atoms with E-state index in [4.69, 9.17) is 5.26 Å². The molecule has 0 aliphatic heterocycles. The molecular formula is C12H9BrN4. The second kappa shape index (κ2) is 4.93. The largest absolute Gasteiger partial charge is 0.340 e. The Morgan fingerprint density at radius 3 is 2.88 bits per heavy atom. The Hall–Kier alpha value is -1.93. The molecular weight excluding hydrogens is 280 g/mol. The van der Waals surface area contributed by atoms with E-state index in [0.29, 0.717) is 11.5 Å². The average Bonchev–Trinajstić information content (AvgIpc) is 2.34. The SMILES string of the molecule is Cc1ccc(Br)cc1Nc1cc(C#N)ncn1. The van der Waals surface area contributed by atoms with E-state index >= 15 is 0 Å². The van der Waals surface area contributed by atoms with Gasteiger partial charge in [-0.25, -0.2) is 9.97 Å². The van der Waals surface area contributed by atoms with E-state index in [9.17, 15) is 0 Å². The fourth-order valence-corrected chi connectivity index (χ4v) is 1.71. The van der Waals surface area contributed by atoms with Crippen molar-refractivity contribution in [2.75, 3.05) is 5.32 Å². The molecule has 0 bridgehead atoms. The minimum Gasteiger partial charge on any atom is -0.340 e. The molecule has 0 unspecified atom stereocenters. The number of benzene rings is 1. The van der Waals surface area contributed by atoms with Crippen molar-refractivity contribution in [1.82, 2.24) is 9.97 Å². The Bertz CT molecular complexity index is 589. The minimum absolute atomic E-state index is 0.343. The summed E-state index contributed by atoms with van der Waals surface area (Å²) in [4.78, 5) is 7.88. The van der Waals surface area contributed by atoms with E-state index < -0.39 is 0 Å². The van der Waals surface area contributed by atoms with Gasteiger partial charge in [-0.3, -0.25) is 0 Å². The molecule has 0 radical (unpaired) electrons. The summed E-state index contributed by atoms with van der Waals surface area (Å²) in [6, 6.07) is 9.52. The molecule has 1 N–H and O–H groups in total. The van der Waals surface area contributed by atoms with Gasteiger partial charge in [0.05, 0.1) is 0 Å². The molecule has 1 heterocycles. The first-order valence-electron chi connectivity index (χ1n) is 4.94. The van der Waals surface area contributed by atoms with E-state index in [1.807, 2.05) is 31.2 Å². The number of nitriles is 1. The van der Waals surface area contributed by atoms with Crippen molar-refractivity contribution in [3.63, 3.8) is 0 Å². The lowest BCUT2D eigenvalue weighted by Gasteiger charge is -2.08. The summed E-state index contributed by atoms with van der Waals surface area (Å²) in [5, 5.41) is 11.9. The molecule has 5 heteroatoms. The molecule has 84 valence electrons. The maximum Gasteiger partial charge on any atom is 0.145 e. The maximum atomic E-state index is 8.75. The number of anilines is 2. The predicted octanol–water partition coefficient (Wildman–Crippen LogP) is 3.16. The van der Waals surface area contributed by atoms with Gasteiger partial charge in [0.15, 0.2) is 0 Å². The van der Waals surface area contributed by atoms with Crippen molar-refractivity contribution >= 4 is 27.4 Å². The first kappa shape index (κ1) is 11.6. The average molecular weight is 289 g/mol. The molecule has 0 saturated heterocycles. The first-order valence-corrected chi connectivity index (χ1v) is 5.73. The molecule has 0 aliphatic rings. The van der Waals surface area contributed by atoms with Crippen LogP contribution in [-0.4, -0.2) is 9.97 Å². The fraction of sp³-hybridized carbons (Fsp3) is 0.0833. The highest BCUT2D eigenvalue weighted by molar-refractivity contribution is 9.10. The molecule has 2 aromatic rings. The number of nitrogens with zero attached hydrogens (tertiary/aromatic N) is 3. The minimum atomic E-state index is 0.343. The molecule has 1 aromatic heterocycles. The second-order valence-corrected chi connectivity index (χ2v) is 4.40. The lowest BCUT2D eigenvalue weighted by atomic mass is 10.2. The zero-order valence-corrected chi connectivity index (χ0v) is 10.7. The maximum absolute atomic E-state index is 8.75. The van der Waals surface area contributed by atoms with Crippen LogP contribution in [-0.2, 0) is 0 Å². The van der Waals surface area contributed by atoms with Crippen LogP contribution in [0.15, 0.2) is 35.1 Å². The van der Waals surface area contributed by atoms with Crippen molar-refractivity contribution in [3.8, 4) is 6.07 Å². The molecule has 0 aliphatic carbocycles. The standard InChI is InChI=1S/C12H9BrN4/c1-8-2-3-9(13)4-11(8)17-12-5-10(6-14)15-7-16-12/h2-5,7H,1H3,(H,15,16,17). The third kappa shape index (κ3) is 2.80. The molecule has 4 nitrogen and oxygen atoms in total. The quantitative estimate of drug-likeness (QED) is 0.922. The molecule has 17 heavy (non-hydrogen) atoms. The summed E-state index contributed by atoms with van der Waals surface area (Å²) < 4.78 is 0.986. The summed E-state index contributed by atoms with van der Waals surface area (Å²) >= 11 is 3.41. The number of aryl methyl sites for hydroxylation is 1. The highest BCUT2D eigenvalue weighted by atomic mass is 79.9. The Kier molecular flexibility index (Phi) is 3.35. The number of hydrogen-bond acceptors (Lipinski definition) is 4. The van der Waals surface area contributed by atoms with Crippen molar-refractivity contribution in [3.05, 3.63) is 46.3 Å². The van der Waals surface area contributed by atoms with Gasteiger partial charge in [0.2, 0.25) is 0 Å². The number of halogens is 1. The Morgan fingerprint density at radius 2 is 2.12 bits per heavy atom. The smallest absolute Gasteiger partial charge is 0.145 e. The lowest BCUT2D eigenvalue weighted by molar-refractivity contribution is 1.14. The number of rotatable bonds is 2. The van der Waals surface area contributed by atoms with Crippen LogP contribution in [0.25, 0.3) is 0 Å². The zero-order chi connectivity index (χ0) is 12.3. The summed E-state index contributed by atoms with van der Waals surface area (Å²) in [6.07, 6.45) is 1.37. The van der Waals surface area contributed by atoms with Gasteiger partial charge in [0.1, 0.15) is 23.9 Å². The van der Waals surface area contributed by atoms with E-state index in [-0.39, 0.29) is 0 Å². The fourth-order valence-electron chi connectivity index (χ4n) is 1.35. The summed E-state index contributed by atoms with van der Waals surface area (Å²) in [5.41, 5.74) is 2.39.